The number of hydrogen-bond acceptors (Lipinski definition) is 7. The van der Waals surface area contributed by atoms with Gasteiger partial charge in [-0.25, -0.2) is 4.57 Å². The van der Waals surface area contributed by atoms with Gasteiger partial charge in [0.05, 0.1) is 27.7 Å². The highest BCUT2D eigenvalue weighted by Crippen LogP contribution is 2.43. The van der Waals surface area contributed by atoms with Crippen molar-refractivity contribution in [1.29, 1.82) is 0 Å². The molecular formula is C56H97NO8P+. The Morgan fingerprint density at radius 2 is 0.864 bits per heavy atom. The molecule has 0 radical (unpaired) electrons. The third-order valence-electron chi connectivity index (χ3n) is 10.6. The minimum absolute atomic E-state index is 0.0196. The van der Waals surface area contributed by atoms with E-state index in [1.807, 2.05) is 21.1 Å². The van der Waals surface area contributed by atoms with E-state index in [9.17, 15) is 19.0 Å². The Morgan fingerprint density at radius 3 is 1.29 bits per heavy atom. The standard InChI is InChI=1S/C56H96NO8P/c1-6-8-10-12-14-16-18-20-22-24-26-28-30-32-34-36-38-40-42-44-46-48-55(58)62-52-54(53-64-66(60,61)63-51-50-57(3,4)5)65-56(59)49-47-45-43-41-39-37-35-33-31-29-27-25-23-21-19-17-15-13-11-9-7-2/h9,11,15,17-18,20-21,23-24,26-27,29-30,32-33,35,54H,6-8,10,12-14,16,19,22,25,28,31,34,36-53H2,1-5H3/p+1/b11-9-,17-15-,20-18-,23-21-,26-24-,29-27-,32-30-,35-33-. The summed E-state index contributed by atoms with van der Waals surface area (Å²) in [4.78, 5) is 35.6. The lowest BCUT2D eigenvalue weighted by atomic mass is 10.1. The van der Waals surface area contributed by atoms with Crippen LogP contribution in [-0.4, -0.2) is 74.9 Å². The molecule has 0 aromatic carbocycles. The van der Waals surface area contributed by atoms with Gasteiger partial charge < -0.3 is 18.9 Å². The van der Waals surface area contributed by atoms with Gasteiger partial charge in [0.25, 0.3) is 0 Å². The molecule has 10 heteroatoms. The summed E-state index contributed by atoms with van der Waals surface area (Å²) in [5.74, 6) is -0.841. The quantitative estimate of drug-likeness (QED) is 0.0211. The predicted octanol–water partition coefficient (Wildman–Crippen LogP) is 15.7. The fourth-order valence-corrected chi connectivity index (χ4v) is 7.32. The highest BCUT2D eigenvalue weighted by Gasteiger charge is 2.27. The largest absolute Gasteiger partial charge is 0.472 e. The van der Waals surface area contributed by atoms with E-state index in [0.29, 0.717) is 23.9 Å². The average molecular weight is 943 g/mol. The van der Waals surface area contributed by atoms with Crippen LogP contribution >= 0.6 is 7.82 Å². The van der Waals surface area contributed by atoms with E-state index in [4.69, 9.17) is 18.5 Å². The molecule has 1 N–H and O–H groups in total. The second kappa shape index (κ2) is 47.0. The number of carbonyl (C=O) groups is 2. The SMILES string of the molecule is CC/C=C\C/C=C\C/C=C\C/C=C\C/C=C\CCCCCCCC(=O)OC(COC(=O)CCCCCCCC/C=C\C/C=C\C/C=C\CCCCCCC)COP(=O)(O)OCC[N+](C)(C)C. The Morgan fingerprint density at radius 1 is 0.485 bits per heavy atom. The van der Waals surface area contributed by atoms with Gasteiger partial charge >= 0.3 is 19.8 Å². The average Bonchev–Trinajstić information content (AvgIpc) is 3.27. The summed E-state index contributed by atoms with van der Waals surface area (Å²) >= 11 is 0. The Kier molecular flexibility index (Phi) is 44.8. The van der Waals surface area contributed by atoms with Crippen LogP contribution in [0.1, 0.15) is 194 Å². The van der Waals surface area contributed by atoms with Crippen LogP contribution in [0.4, 0.5) is 0 Å². The van der Waals surface area contributed by atoms with Crippen molar-refractivity contribution in [2.45, 2.75) is 200 Å². The van der Waals surface area contributed by atoms with E-state index in [2.05, 4.69) is 111 Å². The van der Waals surface area contributed by atoms with Crippen LogP contribution in [0, 0.1) is 0 Å². The number of hydrogen-bond donors (Lipinski definition) is 1. The molecule has 2 atom stereocenters. The maximum absolute atomic E-state index is 12.8. The molecule has 0 saturated heterocycles. The van der Waals surface area contributed by atoms with Crippen LogP contribution in [0.5, 0.6) is 0 Å². The minimum Gasteiger partial charge on any atom is -0.462 e. The lowest BCUT2D eigenvalue weighted by Gasteiger charge is -2.24. The Bertz CT molecular complexity index is 1440. The molecule has 0 aliphatic heterocycles. The Labute approximate surface area is 404 Å². The van der Waals surface area contributed by atoms with Crippen molar-refractivity contribution in [2.75, 3.05) is 47.5 Å². The monoisotopic (exact) mass is 943 g/mol. The molecule has 378 valence electrons. The molecule has 0 fully saturated rings. The van der Waals surface area contributed by atoms with Gasteiger partial charge in [0.2, 0.25) is 0 Å². The van der Waals surface area contributed by atoms with E-state index in [1.54, 1.807) is 0 Å². The number of nitrogens with zero attached hydrogens (tertiary/aromatic N) is 1. The maximum atomic E-state index is 12.8. The first kappa shape index (κ1) is 62.9. The van der Waals surface area contributed by atoms with Crippen molar-refractivity contribution in [1.82, 2.24) is 0 Å². The van der Waals surface area contributed by atoms with Crippen molar-refractivity contribution >= 4 is 19.8 Å². The van der Waals surface area contributed by atoms with Gasteiger partial charge in [0, 0.05) is 12.8 Å². The predicted molar refractivity (Wildman–Crippen MR) is 279 cm³/mol. The van der Waals surface area contributed by atoms with Crippen molar-refractivity contribution in [3.05, 3.63) is 97.2 Å². The zero-order valence-electron chi connectivity index (χ0n) is 42.6. The number of unbranched alkanes of at least 4 members (excludes halogenated alkanes) is 16. The fourth-order valence-electron chi connectivity index (χ4n) is 6.58. The molecule has 9 nitrogen and oxygen atoms in total. The fraction of sp³-hybridized carbons (Fsp3) is 0.679. The zero-order valence-corrected chi connectivity index (χ0v) is 43.5. The summed E-state index contributed by atoms with van der Waals surface area (Å²) in [6, 6.07) is 0. The van der Waals surface area contributed by atoms with Gasteiger partial charge in [-0.1, -0.05) is 182 Å². The van der Waals surface area contributed by atoms with E-state index in [-0.39, 0.29) is 32.0 Å². The highest BCUT2D eigenvalue weighted by atomic mass is 31.2. The molecule has 66 heavy (non-hydrogen) atoms. The molecule has 0 rings (SSSR count). The van der Waals surface area contributed by atoms with E-state index >= 15 is 0 Å². The molecule has 0 heterocycles. The Balaban J connectivity index is 4.35. The molecule has 0 saturated carbocycles. The van der Waals surface area contributed by atoms with Crippen molar-refractivity contribution in [2.24, 2.45) is 0 Å². The second-order valence-electron chi connectivity index (χ2n) is 18.2. The van der Waals surface area contributed by atoms with Gasteiger partial charge in [-0.2, -0.15) is 0 Å². The molecule has 0 aliphatic rings. The van der Waals surface area contributed by atoms with Gasteiger partial charge in [0.15, 0.2) is 6.10 Å². The lowest BCUT2D eigenvalue weighted by Crippen LogP contribution is -2.37. The van der Waals surface area contributed by atoms with Gasteiger partial charge in [-0.3, -0.25) is 18.6 Å². The smallest absolute Gasteiger partial charge is 0.462 e. The molecule has 0 aromatic rings. The van der Waals surface area contributed by atoms with Crippen molar-refractivity contribution in [3.8, 4) is 0 Å². The molecule has 0 bridgehead atoms. The van der Waals surface area contributed by atoms with Crippen LogP contribution in [0.15, 0.2) is 97.2 Å². The Hall–Kier alpha value is -3.07. The van der Waals surface area contributed by atoms with Gasteiger partial charge in [-0.15, -0.1) is 0 Å². The normalized spacial score (nSPS) is 14.2. The van der Waals surface area contributed by atoms with Gasteiger partial charge in [-0.05, 0) is 96.3 Å². The molecule has 0 spiro atoms. The summed E-state index contributed by atoms with van der Waals surface area (Å²) in [5, 5.41) is 0. The first-order chi connectivity index (χ1) is 32.0. The second-order valence-corrected chi connectivity index (χ2v) is 19.6. The van der Waals surface area contributed by atoms with Crippen LogP contribution in [0.3, 0.4) is 0 Å². The summed E-state index contributed by atoms with van der Waals surface area (Å²) in [7, 11) is 1.44. The molecule has 2 unspecified atom stereocenters. The first-order valence-electron chi connectivity index (χ1n) is 26.0. The van der Waals surface area contributed by atoms with Crippen LogP contribution in [0.25, 0.3) is 0 Å². The van der Waals surface area contributed by atoms with Crippen LogP contribution in [0.2, 0.25) is 0 Å². The first-order valence-corrected chi connectivity index (χ1v) is 27.5. The third-order valence-corrected chi connectivity index (χ3v) is 11.6. The number of phosphoric ester groups is 1. The van der Waals surface area contributed by atoms with E-state index in [1.165, 1.54) is 51.4 Å². The van der Waals surface area contributed by atoms with Crippen LogP contribution < -0.4 is 0 Å². The van der Waals surface area contributed by atoms with Crippen molar-refractivity contribution in [3.63, 3.8) is 0 Å². The number of esters is 2. The third kappa shape index (κ3) is 50.3. The highest BCUT2D eigenvalue weighted by molar-refractivity contribution is 7.47. The topological polar surface area (TPSA) is 108 Å². The summed E-state index contributed by atoms with van der Waals surface area (Å²) in [5.41, 5.74) is 0. The van der Waals surface area contributed by atoms with Crippen LogP contribution in [-0.2, 0) is 32.7 Å². The van der Waals surface area contributed by atoms with Crippen molar-refractivity contribution < 1.29 is 42.1 Å². The maximum Gasteiger partial charge on any atom is 0.472 e. The number of ether oxygens (including phenoxy) is 2. The number of rotatable bonds is 46. The number of carbonyl (C=O) groups excluding carboxylic acids is 2. The lowest BCUT2D eigenvalue weighted by molar-refractivity contribution is -0.870. The van der Waals surface area contributed by atoms with E-state index in [0.717, 1.165) is 103 Å². The number of likely N-dealkylation sites (N-methyl/N-ethyl adjacent to an activating group) is 1. The molecule has 0 aliphatic carbocycles. The summed E-state index contributed by atoms with van der Waals surface area (Å²) < 4.78 is 34.4. The number of phosphoric acid groups is 1. The number of quaternary nitrogens is 1. The molecule has 0 amide bonds. The molecular weight excluding hydrogens is 846 g/mol. The summed E-state index contributed by atoms with van der Waals surface area (Å²) in [6.45, 7) is 4.25. The zero-order chi connectivity index (χ0) is 48.5. The minimum atomic E-state index is -4.40. The van der Waals surface area contributed by atoms with Gasteiger partial charge in [0.1, 0.15) is 19.8 Å². The number of allylic oxidation sites excluding steroid dienone is 16. The summed E-state index contributed by atoms with van der Waals surface area (Å²) in [6.07, 6.45) is 63.1. The van der Waals surface area contributed by atoms with E-state index < -0.39 is 26.5 Å². The molecule has 0 aromatic heterocycles.